The molecule has 1 aliphatic heterocycles. The Morgan fingerprint density at radius 3 is 2.54 bits per heavy atom. The SMILES string of the molecule is CCOc1ccc(OCC)c(NC(=O)C2NNNC2Nc2ccc(F)cc2)c1. The molecule has 0 bridgehead atoms. The molecule has 2 aromatic rings. The molecule has 2 aromatic carbocycles. The van der Waals surface area contributed by atoms with Crippen LogP contribution in [0.5, 0.6) is 11.5 Å². The Morgan fingerprint density at radius 2 is 1.82 bits per heavy atom. The minimum Gasteiger partial charge on any atom is -0.494 e. The van der Waals surface area contributed by atoms with Crippen LogP contribution in [0.15, 0.2) is 42.5 Å². The highest BCUT2D eigenvalue weighted by Crippen LogP contribution is 2.29. The van der Waals surface area contributed by atoms with Crippen molar-refractivity contribution in [2.75, 3.05) is 23.8 Å². The molecule has 5 N–H and O–H groups in total. The van der Waals surface area contributed by atoms with Gasteiger partial charge in [-0.25, -0.2) is 15.2 Å². The Morgan fingerprint density at radius 1 is 1.07 bits per heavy atom. The number of rotatable bonds is 8. The van der Waals surface area contributed by atoms with Gasteiger partial charge in [-0.2, -0.15) is 5.53 Å². The molecule has 1 heterocycles. The average Bonchev–Trinajstić information content (AvgIpc) is 3.14. The Bertz CT molecular complexity index is 803. The summed E-state index contributed by atoms with van der Waals surface area (Å²) >= 11 is 0. The summed E-state index contributed by atoms with van der Waals surface area (Å²) in [5, 5.41) is 6.01. The minimum atomic E-state index is -0.643. The molecule has 0 aliphatic carbocycles. The predicted octanol–water partition coefficient (Wildman–Crippen LogP) is 1.98. The summed E-state index contributed by atoms with van der Waals surface area (Å²) in [6, 6.07) is 10.5. The number of amides is 1. The summed E-state index contributed by atoms with van der Waals surface area (Å²) in [4.78, 5) is 12.8. The minimum absolute atomic E-state index is 0.285. The molecule has 1 saturated heterocycles. The van der Waals surface area contributed by atoms with E-state index in [0.29, 0.717) is 36.1 Å². The molecule has 1 fully saturated rings. The van der Waals surface area contributed by atoms with Gasteiger partial charge in [0.2, 0.25) is 5.91 Å². The van der Waals surface area contributed by atoms with E-state index in [1.54, 1.807) is 30.3 Å². The van der Waals surface area contributed by atoms with Crippen LogP contribution in [0, 0.1) is 5.82 Å². The van der Waals surface area contributed by atoms with E-state index in [4.69, 9.17) is 9.47 Å². The van der Waals surface area contributed by atoms with Crippen LogP contribution in [0.4, 0.5) is 15.8 Å². The highest BCUT2D eigenvalue weighted by molar-refractivity contribution is 5.97. The van der Waals surface area contributed by atoms with E-state index in [9.17, 15) is 9.18 Å². The monoisotopic (exact) mass is 389 g/mol. The standard InChI is InChI=1S/C19H24FN5O3/c1-3-27-14-9-10-16(28-4-2)15(11-14)22-19(26)17-18(24-25-23-17)21-13-7-5-12(20)6-8-13/h5-11,17-18,21,23-25H,3-4H2,1-2H3,(H,22,26). The smallest absolute Gasteiger partial charge is 0.246 e. The summed E-state index contributed by atoms with van der Waals surface area (Å²) in [7, 11) is 0. The summed E-state index contributed by atoms with van der Waals surface area (Å²) in [5.74, 6) is 0.582. The average molecular weight is 389 g/mol. The number of hydrazine groups is 2. The van der Waals surface area contributed by atoms with Gasteiger partial charge >= 0.3 is 0 Å². The fraction of sp³-hybridized carbons (Fsp3) is 0.316. The molecule has 0 aromatic heterocycles. The number of hydrogen-bond acceptors (Lipinski definition) is 7. The lowest BCUT2D eigenvalue weighted by molar-refractivity contribution is -0.118. The Kier molecular flexibility index (Phi) is 6.64. The molecule has 3 rings (SSSR count). The lowest BCUT2D eigenvalue weighted by Crippen LogP contribution is -2.48. The highest BCUT2D eigenvalue weighted by Gasteiger charge is 2.33. The fourth-order valence-electron chi connectivity index (χ4n) is 2.78. The van der Waals surface area contributed by atoms with Gasteiger partial charge in [-0.3, -0.25) is 4.79 Å². The van der Waals surface area contributed by atoms with Crippen molar-refractivity contribution in [1.82, 2.24) is 16.4 Å². The van der Waals surface area contributed by atoms with Crippen LogP contribution < -0.4 is 36.5 Å². The fourth-order valence-corrected chi connectivity index (χ4v) is 2.78. The third-order valence-electron chi connectivity index (χ3n) is 4.06. The summed E-state index contributed by atoms with van der Waals surface area (Å²) in [6.07, 6.45) is -0.462. The first-order chi connectivity index (χ1) is 13.6. The third-order valence-corrected chi connectivity index (χ3v) is 4.06. The predicted molar refractivity (Wildman–Crippen MR) is 104 cm³/mol. The lowest BCUT2D eigenvalue weighted by atomic mass is 10.2. The van der Waals surface area contributed by atoms with Crippen molar-refractivity contribution < 1.29 is 18.7 Å². The van der Waals surface area contributed by atoms with E-state index in [2.05, 4.69) is 27.0 Å². The van der Waals surface area contributed by atoms with Crippen molar-refractivity contribution in [3.05, 3.63) is 48.3 Å². The van der Waals surface area contributed by atoms with E-state index < -0.39 is 12.2 Å². The lowest BCUT2D eigenvalue weighted by Gasteiger charge is -2.21. The van der Waals surface area contributed by atoms with Crippen molar-refractivity contribution >= 4 is 17.3 Å². The first-order valence-corrected chi connectivity index (χ1v) is 9.09. The van der Waals surface area contributed by atoms with Gasteiger partial charge in [0, 0.05) is 11.8 Å². The van der Waals surface area contributed by atoms with Crippen LogP contribution in [-0.2, 0) is 4.79 Å². The maximum Gasteiger partial charge on any atom is 0.246 e. The zero-order valence-corrected chi connectivity index (χ0v) is 15.7. The molecule has 150 valence electrons. The van der Waals surface area contributed by atoms with Crippen LogP contribution in [-0.4, -0.2) is 31.3 Å². The molecule has 2 atom stereocenters. The van der Waals surface area contributed by atoms with Crippen molar-refractivity contribution in [2.45, 2.75) is 26.1 Å². The number of nitrogens with one attached hydrogen (secondary N) is 5. The number of ether oxygens (including phenoxy) is 2. The molecular weight excluding hydrogens is 365 g/mol. The number of hydrogen-bond donors (Lipinski definition) is 5. The molecule has 0 saturated carbocycles. The van der Waals surface area contributed by atoms with E-state index in [1.807, 2.05) is 13.8 Å². The maximum absolute atomic E-state index is 13.1. The third kappa shape index (κ3) is 4.89. The highest BCUT2D eigenvalue weighted by atomic mass is 19.1. The van der Waals surface area contributed by atoms with Crippen LogP contribution >= 0.6 is 0 Å². The van der Waals surface area contributed by atoms with Crippen LogP contribution in [0.3, 0.4) is 0 Å². The van der Waals surface area contributed by atoms with Gasteiger partial charge in [0.1, 0.15) is 29.5 Å². The molecular formula is C19H24FN5O3. The zero-order chi connectivity index (χ0) is 19.9. The molecule has 8 nitrogen and oxygen atoms in total. The van der Waals surface area contributed by atoms with Gasteiger partial charge in [-0.05, 0) is 50.2 Å². The van der Waals surface area contributed by atoms with Crippen LogP contribution in [0.25, 0.3) is 0 Å². The van der Waals surface area contributed by atoms with Crippen LogP contribution in [0.2, 0.25) is 0 Å². The van der Waals surface area contributed by atoms with Gasteiger partial charge in [0.05, 0.1) is 18.9 Å². The van der Waals surface area contributed by atoms with Gasteiger partial charge in [0.25, 0.3) is 0 Å². The Labute approximate surface area is 162 Å². The van der Waals surface area contributed by atoms with E-state index in [-0.39, 0.29) is 11.7 Å². The second-order valence-corrected chi connectivity index (χ2v) is 6.03. The maximum atomic E-state index is 13.1. The summed E-state index contributed by atoms with van der Waals surface area (Å²) in [5.41, 5.74) is 9.73. The number of carbonyl (C=O) groups excluding carboxylic acids is 1. The largest absolute Gasteiger partial charge is 0.494 e. The van der Waals surface area contributed by atoms with Crippen molar-refractivity contribution in [2.24, 2.45) is 0 Å². The zero-order valence-electron chi connectivity index (χ0n) is 15.7. The summed E-state index contributed by atoms with van der Waals surface area (Å²) in [6.45, 7) is 4.75. The van der Waals surface area contributed by atoms with Crippen LogP contribution in [0.1, 0.15) is 13.8 Å². The van der Waals surface area contributed by atoms with Gasteiger partial charge < -0.3 is 20.1 Å². The van der Waals surface area contributed by atoms with E-state index >= 15 is 0 Å². The Hall–Kier alpha value is -2.88. The molecule has 9 heteroatoms. The number of benzene rings is 2. The van der Waals surface area contributed by atoms with Gasteiger partial charge in [-0.15, -0.1) is 0 Å². The van der Waals surface area contributed by atoms with Gasteiger partial charge in [0.15, 0.2) is 0 Å². The molecule has 1 amide bonds. The van der Waals surface area contributed by atoms with Crippen molar-refractivity contribution in [3.63, 3.8) is 0 Å². The number of anilines is 2. The quantitative estimate of drug-likeness (QED) is 0.471. The molecule has 28 heavy (non-hydrogen) atoms. The number of carbonyl (C=O) groups is 1. The first kappa shape index (κ1) is 19.9. The first-order valence-electron chi connectivity index (χ1n) is 9.09. The van der Waals surface area contributed by atoms with Gasteiger partial charge in [-0.1, -0.05) is 0 Å². The number of halogens is 1. The molecule has 2 unspecified atom stereocenters. The van der Waals surface area contributed by atoms with Crippen molar-refractivity contribution in [3.8, 4) is 11.5 Å². The molecule has 0 spiro atoms. The second kappa shape index (κ2) is 9.36. The molecule has 1 aliphatic rings. The topological polar surface area (TPSA) is 95.7 Å². The van der Waals surface area contributed by atoms with Crippen molar-refractivity contribution in [1.29, 1.82) is 0 Å². The Balaban J connectivity index is 1.72. The second-order valence-electron chi connectivity index (χ2n) is 6.03. The van der Waals surface area contributed by atoms with E-state index in [0.717, 1.165) is 0 Å². The normalized spacial score (nSPS) is 18.5. The summed E-state index contributed by atoms with van der Waals surface area (Å²) < 4.78 is 24.2. The molecule has 0 radical (unpaired) electrons. The van der Waals surface area contributed by atoms with E-state index in [1.165, 1.54) is 12.1 Å².